The minimum atomic E-state index is 0.486. The fraction of sp³-hybridized carbons (Fsp3) is 0.222. The topological polar surface area (TPSA) is 12.0 Å². The van der Waals surface area contributed by atoms with Crippen molar-refractivity contribution in [2.24, 2.45) is 0 Å². The van der Waals surface area contributed by atoms with Crippen LogP contribution in [0.2, 0.25) is 0 Å². The lowest BCUT2D eigenvalue weighted by Crippen LogP contribution is -2.29. The van der Waals surface area contributed by atoms with Crippen LogP contribution in [-0.4, -0.2) is 6.54 Å². The van der Waals surface area contributed by atoms with Crippen LogP contribution in [0.5, 0.6) is 0 Å². The third-order valence-corrected chi connectivity index (χ3v) is 5.21. The molecule has 0 unspecified atom stereocenters. The smallest absolute Gasteiger partial charge is 0.0458 e. The molecule has 0 amide bonds. The van der Waals surface area contributed by atoms with E-state index in [1.807, 2.05) is 11.3 Å². The number of nitrogens with one attached hydrogen (secondary N) is 1. The molecule has 1 N–H and O–H groups in total. The van der Waals surface area contributed by atoms with E-state index < -0.39 is 0 Å². The van der Waals surface area contributed by atoms with Gasteiger partial charge in [0.15, 0.2) is 0 Å². The van der Waals surface area contributed by atoms with E-state index in [4.69, 9.17) is 0 Å². The van der Waals surface area contributed by atoms with Crippen molar-refractivity contribution in [1.82, 2.24) is 5.32 Å². The van der Waals surface area contributed by atoms with Crippen molar-refractivity contribution in [2.75, 3.05) is 6.54 Å². The van der Waals surface area contributed by atoms with Crippen molar-refractivity contribution in [3.05, 3.63) is 69.9 Å². The maximum Gasteiger partial charge on any atom is 0.0458 e. The highest BCUT2D eigenvalue weighted by Crippen LogP contribution is 2.31. The van der Waals surface area contributed by atoms with Crippen molar-refractivity contribution < 1.29 is 0 Å². The molecule has 1 aromatic heterocycles. The van der Waals surface area contributed by atoms with E-state index >= 15 is 0 Å². The van der Waals surface area contributed by atoms with Gasteiger partial charge in [0.05, 0.1) is 0 Å². The first-order valence-corrected chi connectivity index (χ1v) is 8.05. The highest BCUT2D eigenvalue weighted by atomic mass is 32.1. The average molecular weight is 279 g/mol. The van der Waals surface area contributed by atoms with Crippen LogP contribution in [0, 0.1) is 0 Å². The molecule has 20 heavy (non-hydrogen) atoms. The van der Waals surface area contributed by atoms with Gasteiger partial charge in [0.1, 0.15) is 0 Å². The Morgan fingerprint density at radius 1 is 1.05 bits per heavy atom. The van der Waals surface area contributed by atoms with E-state index in [-0.39, 0.29) is 0 Å². The first-order valence-electron chi connectivity index (χ1n) is 7.17. The summed E-state index contributed by atoms with van der Waals surface area (Å²) in [6.07, 6.45) is 2.26. The monoisotopic (exact) mass is 279 g/mol. The van der Waals surface area contributed by atoms with Crippen molar-refractivity contribution >= 4 is 22.1 Å². The zero-order valence-corrected chi connectivity index (χ0v) is 12.1. The first-order chi connectivity index (χ1) is 9.90. The van der Waals surface area contributed by atoms with Crippen LogP contribution >= 0.6 is 11.3 Å². The van der Waals surface area contributed by atoms with Crippen molar-refractivity contribution in [1.29, 1.82) is 0 Å². The molecule has 1 aliphatic rings. The van der Waals surface area contributed by atoms with Gasteiger partial charge in [-0.05, 0) is 52.7 Å². The summed E-state index contributed by atoms with van der Waals surface area (Å²) in [7, 11) is 0. The summed E-state index contributed by atoms with van der Waals surface area (Å²) in [5, 5.41) is 8.56. The standard InChI is InChI=1S/C18H17NS/c1-2-4-16-11-13(5-6-14(16)3-1)12-17-18-15(7-9-19-17)8-10-20-18/h1-6,8,10-11,17,19H,7,9,12H2/t17-/m0/s1. The molecule has 2 heterocycles. The van der Waals surface area contributed by atoms with Crippen LogP contribution < -0.4 is 5.32 Å². The molecule has 0 saturated heterocycles. The van der Waals surface area contributed by atoms with Gasteiger partial charge < -0.3 is 5.32 Å². The summed E-state index contributed by atoms with van der Waals surface area (Å²) in [6.45, 7) is 1.10. The second-order valence-corrected chi connectivity index (χ2v) is 6.40. The predicted octanol–water partition coefficient (Wildman–Crippen LogP) is 4.33. The Balaban J connectivity index is 1.65. The van der Waals surface area contributed by atoms with E-state index in [2.05, 4.69) is 59.2 Å². The number of hydrogen-bond donors (Lipinski definition) is 1. The van der Waals surface area contributed by atoms with Crippen molar-refractivity contribution in [3.8, 4) is 0 Å². The summed E-state index contributed by atoms with van der Waals surface area (Å²) >= 11 is 1.89. The Kier molecular flexibility index (Phi) is 3.06. The second-order valence-electron chi connectivity index (χ2n) is 5.45. The highest BCUT2D eigenvalue weighted by molar-refractivity contribution is 7.10. The maximum atomic E-state index is 3.67. The molecule has 0 fully saturated rings. The molecule has 2 aromatic carbocycles. The molecule has 0 aliphatic carbocycles. The Morgan fingerprint density at radius 2 is 1.95 bits per heavy atom. The van der Waals surface area contributed by atoms with Crippen LogP contribution in [0.1, 0.15) is 22.0 Å². The molecule has 1 atom stereocenters. The van der Waals surface area contributed by atoms with Gasteiger partial charge in [0.25, 0.3) is 0 Å². The fourth-order valence-corrected chi connectivity index (χ4v) is 4.13. The Labute approximate surface area is 123 Å². The average Bonchev–Trinajstić information content (AvgIpc) is 2.97. The number of fused-ring (bicyclic) bond motifs is 2. The first kappa shape index (κ1) is 12.1. The summed E-state index contributed by atoms with van der Waals surface area (Å²) < 4.78 is 0. The molecular weight excluding hydrogens is 262 g/mol. The molecule has 100 valence electrons. The van der Waals surface area contributed by atoms with Gasteiger partial charge in [0.2, 0.25) is 0 Å². The number of hydrogen-bond acceptors (Lipinski definition) is 2. The van der Waals surface area contributed by atoms with Gasteiger partial charge in [-0.3, -0.25) is 0 Å². The van der Waals surface area contributed by atoms with Crippen molar-refractivity contribution in [3.63, 3.8) is 0 Å². The van der Waals surface area contributed by atoms with E-state index in [0.29, 0.717) is 6.04 Å². The molecule has 1 nitrogen and oxygen atoms in total. The van der Waals surface area contributed by atoms with Gasteiger partial charge >= 0.3 is 0 Å². The second kappa shape index (κ2) is 5.04. The van der Waals surface area contributed by atoms with Gasteiger partial charge in [-0.1, -0.05) is 42.5 Å². The van der Waals surface area contributed by atoms with E-state index in [0.717, 1.165) is 13.0 Å². The molecule has 2 heteroatoms. The molecule has 3 aromatic rings. The zero-order valence-electron chi connectivity index (χ0n) is 11.3. The van der Waals surface area contributed by atoms with Crippen LogP contribution in [0.15, 0.2) is 53.9 Å². The molecule has 0 saturated carbocycles. The minimum absolute atomic E-state index is 0.486. The van der Waals surface area contributed by atoms with Crippen LogP contribution in [0.4, 0.5) is 0 Å². The largest absolute Gasteiger partial charge is 0.309 e. The summed E-state index contributed by atoms with van der Waals surface area (Å²) in [5.74, 6) is 0. The lowest BCUT2D eigenvalue weighted by molar-refractivity contribution is 0.512. The van der Waals surface area contributed by atoms with Gasteiger partial charge in [-0.25, -0.2) is 0 Å². The molecule has 4 rings (SSSR count). The van der Waals surface area contributed by atoms with Gasteiger partial charge in [-0.2, -0.15) is 0 Å². The van der Waals surface area contributed by atoms with E-state index in [9.17, 15) is 0 Å². The zero-order chi connectivity index (χ0) is 13.4. The highest BCUT2D eigenvalue weighted by Gasteiger charge is 2.20. The number of thiophene rings is 1. The van der Waals surface area contributed by atoms with Crippen LogP contribution in [0.3, 0.4) is 0 Å². The van der Waals surface area contributed by atoms with E-state index in [1.54, 1.807) is 5.56 Å². The fourth-order valence-electron chi connectivity index (χ4n) is 3.10. The van der Waals surface area contributed by atoms with Crippen LogP contribution in [-0.2, 0) is 12.8 Å². The van der Waals surface area contributed by atoms with Crippen molar-refractivity contribution in [2.45, 2.75) is 18.9 Å². The molecule has 1 aliphatic heterocycles. The summed E-state index contributed by atoms with van der Waals surface area (Å²) in [4.78, 5) is 1.53. The van der Waals surface area contributed by atoms with Gasteiger partial charge in [-0.15, -0.1) is 11.3 Å². The molecular formula is C18H17NS. The molecule has 0 spiro atoms. The lowest BCUT2D eigenvalue weighted by Gasteiger charge is -2.24. The number of benzene rings is 2. The molecule has 0 bridgehead atoms. The molecule has 0 radical (unpaired) electrons. The SMILES string of the molecule is c1ccc2cc(C[C@@H]3NCCc4ccsc43)ccc2c1. The maximum absolute atomic E-state index is 3.67. The summed E-state index contributed by atoms with van der Waals surface area (Å²) in [5.41, 5.74) is 2.96. The lowest BCUT2D eigenvalue weighted by atomic mass is 9.96. The van der Waals surface area contributed by atoms with E-state index in [1.165, 1.54) is 27.6 Å². The third-order valence-electron chi connectivity index (χ3n) is 4.14. The normalized spacial score (nSPS) is 18.1. The third kappa shape index (κ3) is 2.15. The quantitative estimate of drug-likeness (QED) is 0.736. The predicted molar refractivity (Wildman–Crippen MR) is 86.4 cm³/mol. The Hall–Kier alpha value is -1.64. The Bertz CT molecular complexity index is 744. The minimum Gasteiger partial charge on any atom is -0.309 e. The Morgan fingerprint density at radius 3 is 2.90 bits per heavy atom. The number of rotatable bonds is 2. The van der Waals surface area contributed by atoms with Gasteiger partial charge in [0, 0.05) is 10.9 Å². The summed E-state index contributed by atoms with van der Waals surface area (Å²) in [6, 6.07) is 18.2. The van der Waals surface area contributed by atoms with Crippen LogP contribution in [0.25, 0.3) is 10.8 Å².